The number of carbonyl (C=O) groups excluding carboxylic acids is 1. The van der Waals surface area contributed by atoms with Crippen molar-refractivity contribution in [3.63, 3.8) is 0 Å². The summed E-state index contributed by atoms with van der Waals surface area (Å²) in [6.07, 6.45) is 4.24. The lowest BCUT2D eigenvalue weighted by Crippen LogP contribution is -2.32. The van der Waals surface area contributed by atoms with Crippen LogP contribution in [0.5, 0.6) is 0 Å². The average Bonchev–Trinajstić information content (AvgIpc) is 3.10. The Morgan fingerprint density at radius 1 is 1.45 bits per heavy atom. The quantitative estimate of drug-likeness (QED) is 0.880. The number of para-hydroxylation sites is 2. The fraction of sp³-hybridized carbons (Fsp3) is 0.357. The van der Waals surface area contributed by atoms with Crippen molar-refractivity contribution in [2.45, 2.75) is 19.4 Å². The molecule has 1 amide bonds. The molecule has 1 aromatic heterocycles. The molecule has 0 radical (unpaired) electrons. The van der Waals surface area contributed by atoms with E-state index >= 15 is 0 Å². The molecular weight excluding hydrogens is 254 g/mol. The number of nitrogens with one attached hydrogen (secondary N) is 2. The van der Waals surface area contributed by atoms with Crippen LogP contribution in [0.15, 0.2) is 36.7 Å². The zero-order valence-corrected chi connectivity index (χ0v) is 11.3. The molecular formula is C14H17N5O. The minimum atomic E-state index is 0.0128. The molecule has 1 aliphatic heterocycles. The average molecular weight is 271 g/mol. The third-order valence-electron chi connectivity index (χ3n) is 3.69. The van der Waals surface area contributed by atoms with Gasteiger partial charge in [0.25, 0.3) is 0 Å². The summed E-state index contributed by atoms with van der Waals surface area (Å²) in [5.41, 5.74) is 1.57. The van der Waals surface area contributed by atoms with Crippen molar-refractivity contribution in [3.05, 3.63) is 36.7 Å². The molecule has 6 heteroatoms. The number of rotatable bonds is 3. The van der Waals surface area contributed by atoms with E-state index < -0.39 is 0 Å². The molecule has 6 nitrogen and oxygen atoms in total. The summed E-state index contributed by atoms with van der Waals surface area (Å²) in [4.78, 5) is 12.4. The van der Waals surface area contributed by atoms with Crippen LogP contribution in [0.4, 0.5) is 5.69 Å². The van der Waals surface area contributed by atoms with Crippen LogP contribution in [0.2, 0.25) is 0 Å². The van der Waals surface area contributed by atoms with Gasteiger partial charge < -0.3 is 10.6 Å². The molecule has 0 spiro atoms. The van der Waals surface area contributed by atoms with E-state index in [2.05, 4.69) is 20.9 Å². The van der Waals surface area contributed by atoms with Crippen molar-refractivity contribution in [3.8, 4) is 5.69 Å². The number of aromatic nitrogens is 3. The van der Waals surface area contributed by atoms with E-state index in [-0.39, 0.29) is 17.9 Å². The number of carbonyl (C=O) groups is 1. The minimum absolute atomic E-state index is 0.0128. The summed E-state index contributed by atoms with van der Waals surface area (Å²) in [5, 5.41) is 14.1. The van der Waals surface area contributed by atoms with E-state index in [1.165, 1.54) is 0 Å². The van der Waals surface area contributed by atoms with Gasteiger partial charge in [-0.3, -0.25) is 4.79 Å². The first-order chi connectivity index (χ1) is 9.75. The first-order valence-corrected chi connectivity index (χ1v) is 6.75. The Hall–Kier alpha value is -2.21. The SMILES string of the molecule is CC1NCCC1C(=O)Nc1ccccc1-n1ccnn1. The molecule has 0 aliphatic carbocycles. The molecule has 1 saturated heterocycles. The topological polar surface area (TPSA) is 71.8 Å². The molecule has 2 aromatic rings. The molecule has 3 rings (SSSR count). The second-order valence-electron chi connectivity index (χ2n) is 4.99. The lowest BCUT2D eigenvalue weighted by Gasteiger charge is -2.16. The van der Waals surface area contributed by atoms with E-state index in [1.807, 2.05) is 31.2 Å². The van der Waals surface area contributed by atoms with Crippen molar-refractivity contribution in [2.75, 3.05) is 11.9 Å². The van der Waals surface area contributed by atoms with Gasteiger partial charge in [0.1, 0.15) is 0 Å². The summed E-state index contributed by atoms with van der Waals surface area (Å²) in [6, 6.07) is 7.80. The monoisotopic (exact) mass is 271 g/mol. The first-order valence-electron chi connectivity index (χ1n) is 6.75. The summed E-state index contributed by atoms with van der Waals surface area (Å²) in [7, 11) is 0. The van der Waals surface area contributed by atoms with Gasteiger partial charge in [0, 0.05) is 6.04 Å². The molecule has 20 heavy (non-hydrogen) atoms. The van der Waals surface area contributed by atoms with Gasteiger partial charge in [0.2, 0.25) is 5.91 Å². The largest absolute Gasteiger partial charge is 0.324 e. The smallest absolute Gasteiger partial charge is 0.229 e. The van der Waals surface area contributed by atoms with Crippen LogP contribution >= 0.6 is 0 Å². The number of benzene rings is 1. The fourth-order valence-corrected chi connectivity index (χ4v) is 2.56. The Balaban J connectivity index is 1.83. The molecule has 2 heterocycles. The van der Waals surface area contributed by atoms with Crippen molar-refractivity contribution in [1.29, 1.82) is 0 Å². The highest BCUT2D eigenvalue weighted by Crippen LogP contribution is 2.22. The molecule has 104 valence electrons. The molecule has 0 bridgehead atoms. The number of anilines is 1. The molecule has 0 saturated carbocycles. The van der Waals surface area contributed by atoms with Crippen LogP contribution < -0.4 is 10.6 Å². The molecule has 2 unspecified atom stereocenters. The van der Waals surface area contributed by atoms with Crippen LogP contribution in [0, 0.1) is 5.92 Å². The fourth-order valence-electron chi connectivity index (χ4n) is 2.56. The zero-order valence-electron chi connectivity index (χ0n) is 11.3. The number of hydrogen-bond donors (Lipinski definition) is 2. The standard InChI is InChI=1S/C14H17N5O/c1-10-11(6-7-15-10)14(20)17-12-4-2-3-5-13(12)19-9-8-16-18-19/h2-5,8-11,15H,6-7H2,1H3,(H,17,20). The lowest BCUT2D eigenvalue weighted by atomic mass is 10.0. The van der Waals surface area contributed by atoms with Gasteiger partial charge in [0.05, 0.1) is 29.7 Å². The van der Waals surface area contributed by atoms with E-state index in [9.17, 15) is 4.79 Å². The number of hydrogen-bond acceptors (Lipinski definition) is 4. The van der Waals surface area contributed by atoms with E-state index in [1.54, 1.807) is 17.1 Å². The highest BCUT2D eigenvalue weighted by molar-refractivity contribution is 5.95. The molecule has 1 aromatic carbocycles. The maximum absolute atomic E-state index is 12.4. The third-order valence-corrected chi connectivity index (χ3v) is 3.69. The predicted octanol–water partition coefficient (Wildman–Crippen LogP) is 1.20. The van der Waals surface area contributed by atoms with Crippen molar-refractivity contribution < 1.29 is 4.79 Å². The van der Waals surface area contributed by atoms with Gasteiger partial charge in [-0.1, -0.05) is 17.3 Å². The van der Waals surface area contributed by atoms with E-state index in [0.29, 0.717) is 0 Å². The Morgan fingerprint density at radius 2 is 2.30 bits per heavy atom. The second-order valence-corrected chi connectivity index (χ2v) is 4.99. The Morgan fingerprint density at radius 3 is 3.00 bits per heavy atom. The van der Waals surface area contributed by atoms with Gasteiger partial charge in [0.15, 0.2) is 0 Å². The lowest BCUT2D eigenvalue weighted by molar-refractivity contribution is -0.120. The molecule has 1 fully saturated rings. The van der Waals surface area contributed by atoms with Crippen LogP contribution in [-0.4, -0.2) is 33.5 Å². The van der Waals surface area contributed by atoms with Crippen LogP contribution in [0.1, 0.15) is 13.3 Å². The van der Waals surface area contributed by atoms with E-state index in [4.69, 9.17) is 0 Å². The normalized spacial score (nSPS) is 21.9. The Labute approximate surface area is 117 Å². The van der Waals surface area contributed by atoms with Crippen molar-refractivity contribution in [2.24, 2.45) is 5.92 Å². The summed E-state index contributed by atoms with van der Waals surface area (Å²) >= 11 is 0. The van der Waals surface area contributed by atoms with Gasteiger partial charge in [-0.2, -0.15) is 0 Å². The number of amides is 1. The highest BCUT2D eigenvalue weighted by Gasteiger charge is 2.29. The summed E-state index contributed by atoms with van der Waals surface area (Å²) in [6.45, 7) is 2.94. The van der Waals surface area contributed by atoms with Crippen molar-refractivity contribution >= 4 is 11.6 Å². The van der Waals surface area contributed by atoms with Crippen LogP contribution in [0.3, 0.4) is 0 Å². The Bertz CT molecular complexity index is 595. The number of nitrogens with zero attached hydrogens (tertiary/aromatic N) is 3. The summed E-state index contributed by atoms with van der Waals surface area (Å²) in [5.74, 6) is 0.0638. The van der Waals surface area contributed by atoms with Crippen LogP contribution in [0.25, 0.3) is 5.69 Å². The molecule has 2 N–H and O–H groups in total. The van der Waals surface area contributed by atoms with Crippen molar-refractivity contribution in [1.82, 2.24) is 20.3 Å². The predicted molar refractivity (Wildman–Crippen MR) is 75.6 cm³/mol. The second kappa shape index (κ2) is 5.42. The first kappa shape index (κ1) is 12.8. The van der Waals surface area contributed by atoms with E-state index in [0.717, 1.165) is 24.3 Å². The van der Waals surface area contributed by atoms with Gasteiger partial charge in [-0.25, -0.2) is 4.68 Å². The minimum Gasteiger partial charge on any atom is -0.324 e. The van der Waals surface area contributed by atoms with Gasteiger partial charge in [-0.15, -0.1) is 5.10 Å². The molecule has 2 atom stereocenters. The summed E-state index contributed by atoms with van der Waals surface area (Å²) < 4.78 is 1.64. The molecule has 1 aliphatic rings. The van der Waals surface area contributed by atoms with Gasteiger partial charge in [-0.05, 0) is 32.0 Å². The zero-order chi connectivity index (χ0) is 13.9. The maximum atomic E-state index is 12.4. The van der Waals surface area contributed by atoms with Gasteiger partial charge >= 0.3 is 0 Å². The maximum Gasteiger partial charge on any atom is 0.229 e. The highest BCUT2D eigenvalue weighted by atomic mass is 16.2. The van der Waals surface area contributed by atoms with Crippen LogP contribution in [-0.2, 0) is 4.79 Å². The Kier molecular flexibility index (Phi) is 3.47. The third kappa shape index (κ3) is 2.42.